The number of carbonyl (C=O) groups excluding carboxylic acids is 2. The molecule has 2 aromatic carbocycles. The first-order valence-corrected chi connectivity index (χ1v) is 10.4. The van der Waals surface area contributed by atoms with Gasteiger partial charge >= 0.3 is 19.7 Å². The van der Waals surface area contributed by atoms with Gasteiger partial charge in [0.2, 0.25) is 0 Å². The fourth-order valence-electron chi connectivity index (χ4n) is 2.28. The third-order valence-electron chi connectivity index (χ3n) is 3.72. The van der Waals surface area contributed by atoms with Gasteiger partial charge in [0, 0.05) is 0 Å². The molecule has 0 saturated carbocycles. The Hall–Kier alpha value is -2.67. The third kappa shape index (κ3) is 8.35. The predicted molar refractivity (Wildman–Crippen MR) is 101 cm³/mol. The molecule has 1 amide bonds. The summed E-state index contributed by atoms with van der Waals surface area (Å²) < 4.78 is 21.3. The lowest BCUT2D eigenvalue weighted by Crippen LogP contribution is -2.42. The summed E-state index contributed by atoms with van der Waals surface area (Å²) >= 11 is 0. The number of alkyl carbamates (subject to hydrolysis) is 1. The minimum atomic E-state index is -4.34. The standard InChI is InChI=1S/C19H22NO7P/c21-18(26-13-15-7-3-1-4-8-15)17(11-12-28(23,24)25)20-19(22)27-14-16-9-5-2-6-10-16/h1-10,17H,11-14H2,(H,20,22)(H2,23,24,25)/t17-/m1/s1. The highest BCUT2D eigenvalue weighted by Gasteiger charge is 2.26. The zero-order chi connectivity index (χ0) is 20.4. The molecule has 0 saturated heterocycles. The van der Waals surface area contributed by atoms with Gasteiger partial charge in [-0.2, -0.15) is 0 Å². The molecule has 0 spiro atoms. The Morgan fingerprint density at radius 1 is 0.893 bits per heavy atom. The molecule has 8 nitrogen and oxygen atoms in total. The molecule has 0 radical (unpaired) electrons. The van der Waals surface area contributed by atoms with Gasteiger partial charge in [0.15, 0.2) is 0 Å². The second-order valence-electron chi connectivity index (χ2n) is 6.03. The van der Waals surface area contributed by atoms with E-state index < -0.39 is 31.9 Å². The van der Waals surface area contributed by atoms with Crippen molar-refractivity contribution < 1.29 is 33.4 Å². The van der Waals surface area contributed by atoms with E-state index in [9.17, 15) is 14.2 Å². The molecule has 0 aliphatic heterocycles. The van der Waals surface area contributed by atoms with E-state index >= 15 is 0 Å². The number of hydrogen-bond donors (Lipinski definition) is 3. The maximum Gasteiger partial charge on any atom is 0.408 e. The van der Waals surface area contributed by atoms with Crippen molar-refractivity contribution in [3.63, 3.8) is 0 Å². The van der Waals surface area contributed by atoms with Crippen LogP contribution in [-0.4, -0.2) is 34.1 Å². The molecule has 2 aromatic rings. The molecule has 0 heterocycles. The molecule has 0 aromatic heterocycles. The van der Waals surface area contributed by atoms with Gasteiger partial charge in [-0.1, -0.05) is 60.7 Å². The monoisotopic (exact) mass is 407 g/mol. The molecule has 1 atom stereocenters. The Balaban J connectivity index is 1.92. The number of carbonyl (C=O) groups is 2. The van der Waals surface area contributed by atoms with Gasteiger partial charge in [-0.15, -0.1) is 0 Å². The third-order valence-corrected chi connectivity index (χ3v) is 4.56. The van der Waals surface area contributed by atoms with E-state index in [1.165, 1.54) is 0 Å². The van der Waals surface area contributed by atoms with Crippen LogP contribution < -0.4 is 5.32 Å². The van der Waals surface area contributed by atoms with Crippen LogP contribution in [0.25, 0.3) is 0 Å². The van der Waals surface area contributed by atoms with Crippen LogP contribution in [0, 0.1) is 0 Å². The highest BCUT2D eigenvalue weighted by molar-refractivity contribution is 7.51. The van der Waals surface area contributed by atoms with Crippen molar-refractivity contribution in [2.45, 2.75) is 25.7 Å². The van der Waals surface area contributed by atoms with E-state index in [1.54, 1.807) is 48.5 Å². The van der Waals surface area contributed by atoms with Crippen LogP contribution in [0.5, 0.6) is 0 Å². The summed E-state index contributed by atoms with van der Waals surface area (Å²) in [4.78, 5) is 42.4. The van der Waals surface area contributed by atoms with Gasteiger partial charge in [-0.25, -0.2) is 9.59 Å². The van der Waals surface area contributed by atoms with Gasteiger partial charge in [0.1, 0.15) is 19.3 Å². The number of nitrogens with one attached hydrogen (secondary N) is 1. The van der Waals surface area contributed by atoms with Crippen LogP contribution in [0.2, 0.25) is 0 Å². The van der Waals surface area contributed by atoms with E-state index in [0.29, 0.717) is 0 Å². The van der Waals surface area contributed by atoms with Gasteiger partial charge in [0.25, 0.3) is 0 Å². The summed E-state index contributed by atoms with van der Waals surface area (Å²) in [6.45, 7) is -0.0240. The topological polar surface area (TPSA) is 122 Å². The Kier molecular flexibility index (Phi) is 8.19. The fourth-order valence-corrected chi connectivity index (χ4v) is 2.88. The smallest absolute Gasteiger partial charge is 0.408 e. The second kappa shape index (κ2) is 10.6. The summed E-state index contributed by atoms with van der Waals surface area (Å²) in [5.41, 5.74) is 1.51. The average molecular weight is 407 g/mol. The first-order valence-electron chi connectivity index (χ1n) is 8.56. The summed E-state index contributed by atoms with van der Waals surface area (Å²) in [6.07, 6.45) is -1.73. The number of amides is 1. The number of rotatable bonds is 9. The molecular weight excluding hydrogens is 385 g/mol. The first-order chi connectivity index (χ1) is 13.3. The lowest BCUT2D eigenvalue weighted by Gasteiger charge is -2.18. The number of benzene rings is 2. The second-order valence-corrected chi connectivity index (χ2v) is 7.81. The number of hydrogen-bond acceptors (Lipinski definition) is 5. The zero-order valence-electron chi connectivity index (χ0n) is 15.1. The van der Waals surface area contributed by atoms with Crippen LogP contribution in [0.3, 0.4) is 0 Å². The number of esters is 1. The quantitative estimate of drug-likeness (QED) is 0.431. The van der Waals surface area contributed by atoms with Gasteiger partial charge in [-0.05, 0) is 17.5 Å². The van der Waals surface area contributed by atoms with Crippen LogP contribution in [-0.2, 0) is 32.0 Å². The van der Waals surface area contributed by atoms with Crippen molar-refractivity contribution in [1.82, 2.24) is 5.32 Å². The first kappa shape index (κ1) is 21.6. The minimum Gasteiger partial charge on any atom is -0.459 e. The fraction of sp³-hybridized carbons (Fsp3) is 0.263. The molecule has 0 aliphatic carbocycles. The van der Waals surface area contributed by atoms with Crippen LogP contribution >= 0.6 is 7.60 Å². The normalized spacial score (nSPS) is 12.1. The lowest BCUT2D eigenvalue weighted by molar-refractivity contribution is -0.147. The Morgan fingerprint density at radius 2 is 1.39 bits per heavy atom. The molecule has 0 fully saturated rings. The summed E-state index contributed by atoms with van der Waals surface area (Å²) in [6, 6.07) is 16.6. The maximum absolute atomic E-state index is 12.3. The highest BCUT2D eigenvalue weighted by Crippen LogP contribution is 2.35. The van der Waals surface area contributed by atoms with Crippen molar-refractivity contribution in [2.75, 3.05) is 6.16 Å². The van der Waals surface area contributed by atoms with Crippen molar-refractivity contribution in [1.29, 1.82) is 0 Å². The summed E-state index contributed by atoms with van der Waals surface area (Å²) in [5, 5.41) is 2.32. The Labute approximate surface area is 162 Å². The molecule has 9 heteroatoms. The van der Waals surface area contributed by atoms with Gasteiger partial charge in [0.05, 0.1) is 6.16 Å². The zero-order valence-corrected chi connectivity index (χ0v) is 16.0. The van der Waals surface area contributed by atoms with Crippen molar-refractivity contribution >= 4 is 19.7 Å². The summed E-state index contributed by atoms with van der Waals surface area (Å²) in [5.74, 6) is -0.797. The maximum atomic E-state index is 12.3. The molecular formula is C19H22NO7P. The van der Waals surface area contributed by atoms with Crippen LogP contribution in [0.15, 0.2) is 60.7 Å². The van der Waals surface area contributed by atoms with Crippen LogP contribution in [0.4, 0.5) is 4.79 Å². The van der Waals surface area contributed by atoms with Crippen molar-refractivity contribution in [3.05, 3.63) is 71.8 Å². The Bertz CT molecular complexity index is 808. The SMILES string of the molecule is O=C(N[C@H](CCP(=O)(O)O)C(=O)OCc1ccccc1)OCc1ccccc1. The van der Waals surface area contributed by atoms with E-state index in [-0.39, 0.29) is 19.6 Å². The van der Waals surface area contributed by atoms with Gasteiger partial charge in [-0.3, -0.25) is 4.57 Å². The molecule has 0 bridgehead atoms. The van der Waals surface area contributed by atoms with E-state index in [4.69, 9.17) is 19.3 Å². The average Bonchev–Trinajstić information content (AvgIpc) is 2.68. The van der Waals surface area contributed by atoms with Crippen LogP contribution in [0.1, 0.15) is 17.5 Å². The summed E-state index contributed by atoms with van der Waals surface area (Å²) in [7, 11) is -4.34. The molecule has 150 valence electrons. The lowest BCUT2D eigenvalue weighted by atomic mass is 10.2. The highest BCUT2D eigenvalue weighted by atomic mass is 31.2. The largest absolute Gasteiger partial charge is 0.459 e. The van der Waals surface area contributed by atoms with Gasteiger partial charge < -0.3 is 24.6 Å². The number of ether oxygens (including phenoxy) is 2. The van der Waals surface area contributed by atoms with E-state index in [2.05, 4.69) is 5.32 Å². The van der Waals surface area contributed by atoms with Crippen molar-refractivity contribution in [3.8, 4) is 0 Å². The molecule has 28 heavy (non-hydrogen) atoms. The molecule has 0 unspecified atom stereocenters. The molecule has 2 rings (SSSR count). The molecule has 0 aliphatic rings. The predicted octanol–water partition coefficient (Wildman–Crippen LogP) is 2.59. The molecule has 3 N–H and O–H groups in total. The minimum absolute atomic E-state index is 0.00303. The van der Waals surface area contributed by atoms with E-state index in [0.717, 1.165) is 11.1 Å². The Morgan fingerprint density at radius 3 is 1.89 bits per heavy atom. The van der Waals surface area contributed by atoms with Crippen molar-refractivity contribution in [2.24, 2.45) is 0 Å². The van der Waals surface area contributed by atoms with E-state index in [1.807, 2.05) is 12.1 Å².